The average molecular weight is 393 g/mol. The molecule has 0 saturated heterocycles. The van der Waals surface area contributed by atoms with Crippen molar-refractivity contribution in [2.45, 2.75) is 32.2 Å². The van der Waals surface area contributed by atoms with Crippen molar-refractivity contribution < 1.29 is 4.74 Å². The number of hydrogen-bond acceptors (Lipinski definition) is 2. The number of fused-ring (bicyclic) bond motifs is 1. The molecule has 3 rings (SSSR count). The lowest BCUT2D eigenvalue weighted by Crippen LogP contribution is -2.18. The number of nitrogens with one attached hydrogen (secondary N) is 1. The highest BCUT2D eigenvalue weighted by atomic mass is 127. The Morgan fingerprint density at radius 2 is 2.05 bits per heavy atom. The first-order valence-corrected chi connectivity index (χ1v) is 8.45. The Morgan fingerprint density at radius 1 is 1.19 bits per heavy atom. The summed E-state index contributed by atoms with van der Waals surface area (Å²) in [6.45, 7) is 2.17. The lowest BCUT2D eigenvalue weighted by Gasteiger charge is -2.28. The van der Waals surface area contributed by atoms with Gasteiger partial charge < -0.3 is 10.1 Å². The molecule has 0 amide bonds. The Hall–Kier alpha value is -1.23. The SMILES string of the molecule is COc1ccc2c(c1)CCCC2Nc1ccc(I)cc1C. The Labute approximate surface area is 140 Å². The molecule has 110 valence electrons. The van der Waals surface area contributed by atoms with Gasteiger partial charge in [-0.2, -0.15) is 0 Å². The van der Waals surface area contributed by atoms with Crippen molar-refractivity contribution in [2.24, 2.45) is 0 Å². The van der Waals surface area contributed by atoms with Crippen LogP contribution in [-0.4, -0.2) is 7.11 Å². The van der Waals surface area contributed by atoms with Crippen LogP contribution < -0.4 is 10.1 Å². The first-order chi connectivity index (χ1) is 10.2. The third-order valence-corrected chi connectivity index (χ3v) is 4.85. The molecule has 0 aromatic heterocycles. The predicted molar refractivity (Wildman–Crippen MR) is 96.2 cm³/mol. The van der Waals surface area contributed by atoms with Gasteiger partial charge in [0.25, 0.3) is 0 Å². The molecular weight excluding hydrogens is 373 g/mol. The quantitative estimate of drug-likeness (QED) is 0.733. The Balaban J connectivity index is 1.88. The van der Waals surface area contributed by atoms with Crippen LogP contribution in [-0.2, 0) is 6.42 Å². The fourth-order valence-electron chi connectivity index (χ4n) is 3.04. The third-order valence-electron chi connectivity index (χ3n) is 4.18. The van der Waals surface area contributed by atoms with Crippen LogP contribution in [0.1, 0.15) is 35.6 Å². The van der Waals surface area contributed by atoms with E-state index in [-0.39, 0.29) is 0 Å². The highest BCUT2D eigenvalue weighted by molar-refractivity contribution is 14.1. The summed E-state index contributed by atoms with van der Waals surface area (Å²) in [6.07, 6.45) is 3.56. The van der Waals surface area contributed by atoms with Gasteiger partial charge in [-0.15, -0.1) is 0 Å². The van der Waals surface area contributed by atoms with E-state index < -0.39 is 0 Å². The first-order valence-electron chi connectivity index (χ1n) is 7.37. The van der Waals surface area contributed by atoms with Gasteiger partial charge in [0.2, 0.25) is 0 Å². The molecule has 1 aliphatic carbocycles. The maximum absolute atomic E-state index is 5.34. The van der Waals surface area contributed by atoms with Crippen LogP contribution in [0.3, 0.4) is 0 Å². The minimum atomic E-state index is 0.401. The standard InChI is InChI=1S/C18H20INO/c1-12-10-14(19)6-9-17(12)20-18-5-3-4-13-11-15(21-2)7-8-16(13)18/h6-11,18,20H,3-5H2,1-2H3. The van der Waals surface area contributed by atoms with Gasteiger partial charge in [-0.3, -0.25) is 0 Å². The van der Waals surface area contributed by atoms with Crippen LogP contribution >= 0.6 is 22.6 Å². The summed E-state index contributed by atoms with van der Waals surface area (Å²) in [5, 5.41) is 3.73. The summed E-state index contributed by atoms with van der Waals surface area (Å²) in [5.41, 5.74) is 5.38. The molecule has 21 heavy (non-hydrogen) atoms. The molecule has 0 fully saturated rings. The molecule has 0 aliphatic heterocycles. The highest BCUT2D eigenvalue weighted by Crippen LogP contribution is 2.35. The van der Waals surface area contributed by atoms with Gasteiger partial charge in [0, 0.05) is 9.26 Å². The van der Waals surface area contributed by atoms with E-state index in [2.05, 4.69) is 71.2 Å². The molecule has 1 unspecified atom stereocenters. The Bertz CT molecular complexity index is 654. The van der Waals surface area contributed by atoms with E-state index in [1.54, 1.807) is 7.11 Å². The van der Waals surface area contributed by atoms with Crippen LogP contribution in [0.15, 0.2) is 36.4 Å². The lowest BCUT2D eigenvalue weighted by molar-refractivity contribution is 0.413. The van der Waals surface area contributed by atoms with Crippen LogP contribution in [0.25, 0.3) is 0 Å². The Morgan fingerprint density at radius 3 is 2.81 bits per heavy atom. The van der Waals surface area contributed by atoms with Gasteiger partial charge >= 0.3 is 0 Å². The van der Waals surface area contributed by atoms with Crippen LogP contribution in [0.2, 0.25) is 0 Å². The maximum atomic E-state index is 5.34. The molecule has 1 N–H and O–H groups in total. The number of halogens is 1. The van der Waals surface area contributed by atoms with Gasteiger partial charge in [-0.05, 0) is 95.8 Å². The van der Waals surface area contributed by atoms with Crippen molar-refractivity contribution in [3.8, 4) is 5.75 Å². The molecule has 0 heterocycles. The largest absolute Gasteiger partial charge is 0.497 e. The fourth-order valence-corrected chi connectivity index (χ4v) is 3.69. The monoisotopic (exact) mass is 393 g/mol. The van der Waals surface area contributed by atoms with E-state index in [0.717, 1.165) is 12.2 Å². The molecule has 0 spiro atoms. The molecule has 2 aromatic carbocycles. The van der Waals surface area contributed by atoms with E-state index in [0.29, 0.717) is 6.04 Å². The maximum Gasteiger partial charge on any atom is 0.119 e. The summed E-state index contributed by atoms with van der Waals surface area (Å²) in [4.78, 5) is 0. The lowest BCUT2D eigenvalue weighted by atomic mass is 9.87. The summed E-state index contributed by atoms with van der Waals surface area (Å²) in [6, 6.07) is 13.4. The van der Waals surface area contributed by atoms with Crippen molar-refractivity contribution >= 4 is 28.3 Å². The highest BCUT2D eigenvalue weighted by Gasteiger charge is 2.20. The van der Waals surface area contributed by atoms with E-state index in [4.69, 9.17) is 4.74 Å². The zero-order valence-corrected chi connectivity index (χ0v) is 14.6. The summed E-state index contributed by atoms with van der Waals surface area (Å²) >= 11 is 2.36. The number of benzene rings is 2. The second-order valence-corrected chi connectivity index (χ2v) is 6.86. The number of hydrogen-bond donors (Lipinski definition) is 1. The Kier molecular flexibility index (Phi) is 4.38. The number of anilines is 1. The normalized spacial score (nSPS) is 17.2. The van der Waals surface area contributed by atoms with Gasteiger partial charge in [-0.25, -0.2) is 0 Å². The smallest absolute Gasteiger partial charge is 0.119 e. The van der Waals surface area contributed by atoms with Crippen LogP contribution in [0.5, 0.6) is 5.75 Å². The summed E-state index contributed by atoms with van der Waals surface area (Å²) in [7, 11) is 1.73. The second kappa shape index (κ2) is 6.26. The van der Waals surface area contributed by atoms with Gasteiger partial charge in [-0.1, -0.05) is 6.07 Å². The fraction of sp³-hybridized carbons (Fsp3) is 0.333. The minimum absolute atomic E-state index is 0.401. The molecule has 1 atom stereocenters. The zero-order valence-electron chi connectivity index (χ0n) is 12.4. The van der Waals surface area contributed by atoms with E-state index in [1.807, 2.05) is 0 Å². The number of rotatable bonds is 3. The third kappa shape index (κ3) is 3.18. The number of ether oxygens (including phenoxy) is 1. The van der Waals surface area contributed by atoms with Crippen molar-refractivity contribution in [2.75, 3.05) is 12.4 Å². The summed E-state index contributed by atoms with van der Waals surface area (Å²) in [5.74, 6) is 0.958. The molecule has 0 saturated carbocycles. The van der Waals surface area contributed by atoms with Crippen molar-refractivity contribution in [3.05, 3.63) is 56.7 Å². The van der Waals surface area contributed by atoms with Crippen LogP contribution in [0, 0.1) is 10.5 Å². The molecular formula is C18H20INO. The van der Waals surface area contributed by atoms with Crippen molar-refractivity contribution in [1.29, 1.82) is 0 Å². The molecule has 3 heteroatoms. The first kappa shape index (κ1) is 14.7. The average Bonchev–Trinajstić information content (AvgIpc) is 2.49. The van der Waals surface area contributed by atoms with Gasteiger partial charge in [0.15, 0.2) is 0 Å². The van der Waals surface area contributed by atoms with Crippen molar-refractivity contribution in [3.63, 3.8) is 0 Å². The number of methoxy groups -OCH3 is 1. The number of aryl methyl sites for hydroxylation is 2. The molecule has 0 radical (unpaired) electrons. The molecule has 2 aromatic rings. The zero-order chi connectivity index (χ0) is 14.8. The summed E-state index contributed by atoms with van der Waals surface area (Å²) < 4.78 is 6.63. The van der Waals surface area contributed by atoms with Crippen molar-refractivity contribution in [1.82, 2.24) is 0 Å². The topological polar surface area (TPSA) is 21.3 Å². The predicted octanol–water partition coefficient (Wildman–Crippen LogP) is 5.10. The molecule has 2 nitrogen and oxygen atoms in total. The van der Waals surface area contributed by atoms with E-state index >= 15 is 0 Å². The van der Waals surface area contributed by atoms with E-state index in [9.17, 15) is 0 Å². The molecule has 0 bridgehead atoms. The van der Waals surface area contributed by atoms with E-state index in [1.165, 1.54) is 38.8 Å². The minimum Gasteiger partial charge on any atom is -0.497 e. The van der Waals surface area contributed by atoms with Gasteiger partial charge in [0.05, 0.1) is 13.2 Å². The van der Waals surface area contributed by atoms with Gasteiger partial charge in [0.1, 0.15) is 5.75 Å². The second-order valence-electron chi connectivity index (χ2n) is 5.61. The van der Waals surface area contributed by atoms with Crippen LogP contribution in [0.4, 0.5) is 5.69 Å². The molecule has 1 aliphatic rings.